The third-order valence-electron chi connectivity index (χ3n) is 13.2. The monoisotopic (exact) mass is 864 g/mol. The summed E-state index contributed by atoms with van der Waals surface area (Å²) >= 11 is 0. The number of aromatic nitrogens is 2. The minimum Gasteiger partial charge on any atom is -0.457 e. The third kappa shape index (κ3) is 11.5. The molecule has 3 aliphatic heterocycles. The molecule has 0 saturated carbocycles. The molecule has 16 atom stereocenters. The summed E-state index contributed by atoms with van der Waals surface area (Å²) in [5.41, 5.74) is -3.44. The van der Waals surface area contributed by atoms with Gasteiger partial charge in [0.05, 0.1) is 35.9 Å². The molecule has 4 heterocycles. The average molecular weight is 864 g/mol. The van der Waals surface area contributed by atoms with Crippen LogP contribution in [0.5, 0.6) is 0 Å². The molecule has 1 aromatic rings. The number of Topliss-reactive ketones (excluding diaryl/α,β-unsaturated/α-hetero) is 1. The maximum atomic E-state index is 14.7. The highest BCUT2D eigenvalue weighted by Crippen LogP contribution is 2.42. The summed E-state index contributed by atoms with van der Waals surface area (Å²) in [7, 11) is 7.20. The summed E-state index contributed by atoms with van der Waals surface area (Å²) in [6, 6.07) is 0.141. The van der Waals surface area contributed by atoms with Crippen LogP contribution in [0.15, 0.2) is 30.4 Å². The zero-order valence-corrected chi connectivity index (χ0v) is 39.3. The number of esters is 2. The standard InChI is InChI=1S/C45H73N3O13/c1-17-34-43(10,61-42(52)48-19-18-46-24-48)21-25(2)36(50)26(3)22-44(11,53-15)38(60-41-28(5)33(47(13)14)20-27(4)55-41)29(6)37(30(7)40(51)58-34)59-35-23-45(12,54-16)39(31(8)56-35)57-32(9)49/h18-19,21,24,26-31,33-35,37-39,41H,17,20,22-23H2,1-16H3/b25-21+/t26-,27?,28?,29+,30-,31?,33?,34-,35?,37+,38-,39?,41?,43+,44+,45?/m1/s1. The molecule has 0 N–H and O–H groups in total. The number of imidazole rings is 1. The first kappa shape index (κ1) is 50.4. The molecule has 16 heteroatoms. The molecule has 61 heavy (non-hydrogen) atoms. The van der Waals surface area contributed by atoms with Gasteiger partial charge in [-0.15, -0.1) is 0 Å². The van der Waals surface area contributed by atoms with E-state index in [1.807, 2.05) is 55.6 Å². The molecule has 346 valence electrons. The number of nitrogens with zero attached hydrogens (tertiary/aromatic N) is 3. The van der Waals surface area contributed by atoms with Gasteiger partial charge in [0.1, 0.15) is 18.0 Å². The van der Waals surface area contributed by atoms with Crippen LogP contribution < -0.4 is 0 Å². The second-order valence-electron chi connectivity index (χ2n) is 18.4. The van der Waals surface area contributed by atoms with Crippen molar-refractivity contribution < 1.29 is 61.8 Å². The Bertz CT molecular complexity index is 1690. The van der Waals surface area contributed by atoms with Gasteiger partial charge < -0.3 is 47.5 Å². The quantitative estimate of drug-likeness (QED) is 0.194. The van der Waals surface area contributed by atoms with E-state index in [1.165, 1.54) is 37.3 Å². The molecule has 1 aromatic heterocycles. The van der Waals surface area contributed by atoms with Crippen molar-refractivity contribution in [2.75, 3.05) is 28.3 Å². The van der Waals surface area contributed by atoms with E-state index < -0.39 is 95.7 Å². The normalized spacial score (nSPS) is 41.6. The van der Waals surface area contributed by atoms with Gasteiger partial charge in [-0.3, -0.25) is 14.4 Å². The van der Waals surface area contributed by atoms with E-state index in [9.17, 15) is 19.2 Å². The van der Waals surface area contributed by atoms with Crippen LogP contribution >= 0.6 is 0 Å². The van der Waals surface area contributed by atoms with Crippen LogP contribution in [0.2, 0.25) is 0 Å². The van der Waals surface area contributed by atoms with Crippen molar-refractivity contribution in [2.45, 2.75) is 181 Å². The minimum atomic E-state index is -1.59. The molecule has 4 rings (SSSR count). The van der Waals surface area contributed by atoms with E-state index in [2.05, 4.69) is 16.8 Å². The molecule has 8 unspecified atom stereocenters. The smallest absolute Gasteiger partial charge is 0.420 e. The van der Waals surface area contributed by atoms with Gasteiger partial charge in [-0.05, 0) is 93.5 Å². The van der Waals surface area contributed by atoms with E-state index in [0.717, 1.165) is 6.42 Å². The van der Waals surface area contributed by atoms with Gasteiger partial charge in [0.25, 0.3) is 0 Å². The third-order valence-corrected chi connectivity index (χ3v) is 13.2. The summed E-state index contributed by atoms with van der Waals surface area (Å²) in [5, 5.41) is 0. The highest BCUT2D eigenvalue weighted by molar-refractivity contribution is 5.96. The first-order valence-electron chi connectivity index (χ1n) is 21.6. The van der Waals surface area contributed by atoms with Crippen molar-refractivity contribution in [2.24, 2.45) is 23.7 Å². The Morgan fingerprint density at radius 1 is 0.934 bits per heavy atom. The maximum Gasteiger partial charge on any atom is 0.420 e. The van der Waals surface area contributed by atoms with Crippen LogP contribution in [0.25, 0.3) is 0 Å². The van der Waals surface area contributed by atoms with E-state index in [0.29, 0.717) is 5.57 Å². The van der Waals surface area contributed by atoms with Crippen LogP contribution in [0.4, 0.5) is 4.79 Å². The van der Waals surface area contributed by atoms with Crippen molar-refractivity contribution in [1.29, 1.82) is 0 Å². The van der Waals surface area contributed by atoms with Gasteiger partial charge in [0, 0.05) is 63.8 Å². The van der Waals surface area contributed by atoms with Crippen LogP contribution in [0.1, 0.15) is 109 Å². The lowest BCUT2D eigenvalue weighted by Gasteiger charge is -2.50. The largest absolute Gasteiger partial charge is 0.457 e. The maximum absolute atomic E-state index is 14.7. The van der Waals surface area contributed by atoms with E-state index >= 15 is 0 Å². The summed E-state index contributed by atoms with van der Waals surface area (Å²) in [6.07, 6.45) is 0.385. The number of ketones is 1. The predicted molar refractivity (Wildman–Crippen MR) is 224 cm³/mol. The summed E-state index contributed by atoms with van der Waals surface area (Å²) in [4.78, 5) is 60.9. The molecular formula is C45H73N3O13. The SMILES string of the molecule is CC[C@H]1OC(=O)[C@H](C)[C@@H](OC2CC(C)(OC)C(OC(C)=O)C(C)O2)[C@H](C)[C@@H](OC2OC(C)CC(N(C)C)C2C)[C@@](C)(OC)C[C@@H](C)C(=O)/C(C)=C/[C@]1(C)OC(=O)n1ccnc1. The summed E-state index contributed by atoms with van der Waals surface area (Å²) in [6.45, 7) is 21.5. The lowest BCUT2D eigenvalue weighted by atomic mass is 9.76. The second-order valence-corrected chi connectivity index (χ2v) is 18.4. The van der Waals surface area contributed by atoms with E-state index in [1.54, 1.807) is 40.9 Å². The number of ether oxygens (including phenoxy) is 9. The lowest BCUT2D eigenvalue weighted by Crippen LogP contribution is -2.60. The topological polar surface area (TPSA) is 172 Å². The fourth-order valence-corrected chi connectivity index (χ4v) is 9.67. The van der Waals surface area contributed by atoms with Crippen molar-refractivity contribution in [3.63, 3.8) is 0 Å². The van der Waals surface area contributed by atoms with E-state index in [4.69, 9.17) is 42.6 Å². The fraction of sp³-hybridized carbons (Fsp3) is 0.800. The Balaban J connectivity index is 1.89. The number of cyclic esters (lactones) is 1. The molecular weight excluding hydrogens is 791 g/mol. The Hall–Kier alpha value is -3.25. The van der Waals surface area contributed by atoms with Gasteiger partial charge in [0.2, 0.25) is 0 Å². The van der Waals surface area contributed by atoms with Gasteiger partial charge in [-0.25, -0.2) is 14.3 Å². The van der Waals surface area contributed by atoms with Crippen molar-refractivity contribution >= 4 is 23.8 Å². The fourth-order valence-electron chi connectivity index (χ4n) is 9.67. The van der Waals surface area contributed by atoms with Gasteiger partial charge >= 0.3 is 18.0 Å². The molecule has 0 aliphatic carbocycles. The van der Waals surface area contributed by atoms with Crippen LogP contribution in [-0.4, -0.2) is 139 Å². The van der Waals surface area contributed by atoms with Crippen molar-refractivity contribution in [3.8, 4) is 0 Å². The zero-order chi connectivity index (χ0) is 45.8. The number of rotatable bonds is 10. The Morgan fingerprint density at radius 2 is 1.57 bits per heavy atom. The highest BCUT2D eigenvalue weighted by atomic mass is 16.7. The van der Waals surface area contributed by atoms with Gasteiger partial charge in [0.15, 0.2) is 30.1 Å². The Labute approximate surface area is 362 Å². The van der Waals surface area contributed by atoms with Crippen molar-refractivity contribution in [1.82, 2.24) is 14.5 Å². The van der Waals surface area contributed by atoms with Crippen molar-refractivity contribution in [3.05, 3.63) is 30.4 Å². The van der Waals surface area contributed by atoms with E-state index in [-0.39, 0.29) is 43.1 Å². The lowest BCUT2D eigenvalue weighted by molar-refractivity contribution is -0.315. The van der Waals surface area contributed by atoms with Crippen LogP contribution in [-0.2, 0) is 57.0 Å². The van der Waals surface area contributed by atoms with Gasteiger partial charge in [-0.1, -0.05) is 27.7 Å². The second kappa shape index (κ2) is 20.5. The van der Waals surface area contributed by atoms with Crippen LogP contribution in [0.3, 0.4) is 0 Å². The molecule has 0 amide bonds. The number of hydrogen-bond acceptors (Lipinski definition) is 15. The molecule has 0 spiro atoms. The molecule has 2 saturated heterocycles. The number of methoxy groups -OCH3 is 2. The minimum absolute atomic E-state index is 0.0743. The Kier molecular flexibility index (Phi) is 16.9. The Morgan fingerprint density at radius 3 is 2.13 bits per heavy atom. The number of carbonyl (C=O) groups excluding carboxylic acids is 4. The number of allylic oxidation sites excluding steroid dienone is 1. The highest BCUT2D eigenvalue weighted by Gasteiger charge is 2.53. The molecule has 0 aromatic carbocycles. The molecule has 0 bridgehead atoms. The molecule has 3 aliphatic rings. The van der Waals surface area contributed by atoms with Crippen LogP contribution in [0, 0.1) is 23.7 Å². The zero-order valence-electron chi connectivity index (χ0n) is 39.3. The van der Waals surface area contributed by atoms with Gasteiger partial charge in [-0.2, -0.15) is 0 Å². The average Bonchev–Trinajstić information content (AvgIpc) is 3.74. The predicted octanol–water partition coefficient (Wildman–Crippen LogP) is 6.12. The number of hydrogen-bond donors (Lipinski definition) is 0. The first-order valence-corrected chi connectivity index (χ1v) is 21.6. The molecule has 16 nitrogen and oxygen atoms in total. The summed E-state index contributed by atoms with van der Waals surface area (Å²) < 4.78 is 58.8. The number of carbonyl (C=O) groups is 4. The molecule has 2 fully saturated rings. The summed E-state index contributed by atoms with van der Waals surface area (Å²) in [5.74, 6) is -3.65. The molecule has 0 radical (unpaired) electrons. The first-order chi connectivity index (χ1) is 28.4.